The molecule has 1 unspecified atom stereocenters. The number of nitriles is 1. The number of fused-ring (bicyclic) bond motifs is 9. The summed E-state index contributed by atoms with van der Waals surface area (Å²) < 4.78 is 6.28. The van der Waals surface area contributed by atoms with E-state index in [2.05, 4.69) is 48.5 Å². The normalized spacial score (nSPS) is 17.5. The van der Waals surface area contributed by atoms with Crippen molar-refractivity contribution in [3.63, 3.8) is 0 Å². The number of para-hydroxylation sites is 1. The van der Waals surface area contributed by atoms with Gasteiger partial charge in [0.05, 0.1) is 17.0 Å². The molecule has 4 aromatic carbocycles. The van der Waals surface area contributed by atoms with Crippen molar-refractivity contribution in [2.24, 2.45) is 0 Å². The average molecular weight is 392 g/mol. The van der Waals surface area contributed by atoms with Gasteiger partial charge in [0.2, 0.25) is 0 Å². The number of halogens is 1. The van der Waals surface area contributed by atoms with Crippen LogP contribution in [0.3, 0.4) is 0 Å². The molecule has 3 heteroatoms. The fourth-order valence-electron chi connectivity index (χ4n) is 4.95. The van der Waals surface area contributed by atoms with Crippen LogP contribution in [0.1, 0.15) is 27.8 Å². The van der Waals surface area contributed by atoms with Crippen LogP contribution >= 0.6 is 11.6 Å². The first-order valence-electron chi connectivity index (χ1n) is 9.45. The first-order chi connectivity index (χ1) is 14.2. The van der Waals surface area contributed by atoms with Crippen LogP contribution in [0.4, 0.5) is 0 Å². The monoisotopic (exact) mass is 391 g/mol. The zero-order valence-electron chi connectivity index (χ0n) is 15.3. The predicted molar refractivity (Wildman–Crippen MR) is 114 cm³/mol. The molecule has 0 fully saturated rings. The Balaban J connectivity index is 1.83. The Morgan fingerprint density at radius 3 is 2.24 bits per heavy atom. The quantitative estimate of drug-likeness (QED) is 0.289. The largest absolute Gasteiger partial charge is 0.457 e. The lowest BCUT2D eigenvalue weighted by molar-refractivity contribution is 0.436. The number of hydrogen-bond donors (Lipinski definition) is 0. The maximum atomic E-state index is 9.42. The van der Waals surface area contributed by atoms with E-state index in [4.69, 9.17) is 16.3 Å². The lowest BCUT2D eigenvalue weighted by Crippen LogP contribution is -2.32. The van der Waals surface area contributed by atoms with Gasteiger partial charge in [-0.05, 0) is 52.6 Å². The molecule has 0 amide bonds. The predicted octanol–water partition coefficient (Wildman–Crippen LogP) is 6.68. The number of ether oxygens (including phenoxy) is 1. The SMILES string of the molecule is N#Cc1ccc2c(c1)Oc1ccccc1C21c2ccccc2-c2cc(Cl)ccc21. The van der Waals surface area contributed by atoms with Crippen molar-refractivity contribution in [2.75, 3.05) is 0 Å². The van der Waals surface area contributed by atoms with Gasteiger partial charge in [0.25, 0.3) is 0 Å². The number of benzene rings is 4. The Labute approximate surface area is 173 Å². The molecule has 1 atom stereocenters. The van der Waals surface area contributed by atoms with E-state index in [0.717, 1.165) is 33.2 Å². The maximum Gasteiger partial charge on any atom is 0.133 e. The van der Waals surface area contributed by atoms with Crippen molar-refractivity contribution >= 4 is 11.6 Å². The third-order valence-electron chi connectivity index (χ3n) is 6.03. The third-order valence-corrected chi connectivity index (χ3v) is 6.27. The van der Waals surface area contributed by atoms with Crippen LogP contribution < -0.4 is 4.74 Å². The van der Waals surface area contributed by atoms with Gasteiger partial charge in [-0.15, -0.1) is 0 Å². The molecule has 1 spiro atoms. The molecule has 0 saturated heterocycles. The molecule has 0 aromatic heterocycles. The summed E-state index contributed by atoms with van der Waals surface area (Å²) in [6.07, 6.45) is 0. The van der Waals surface area contributed by atoms with E-state index in [1.54, 1.807) is 0 Å². The van der Waals surface area contributed by atoms with Crippen LogP contribution in [0.2, 0.25) is 5.02 Å². The number of hydrogen-bond acceptors (Lipinski definition) is 2. The van der Waals surface area contributed by atoms with E-state index in [1.807, 2.05) is 42.5 Å². The van der Waals surface area contributed by atoms with E-state index in [1.165, 1.54) is 16.7 Å². The van der Waals surface area contributed by atoms with Crippen LogP contribution in [0.5, 0.6) is 11.5 Å². The maximum absolute atomic E-state index is 9.42. The molecule has 136 valence electrons. The van der Waals surface area contributed by atoms with Gasteiger partial charge < -0.3 is 4.74 Å². The zero-order valence-corrected chi connectivity index (χ0v) is 16.1. The van der Waals surface area contributed by atoms with Crippen molar-refractivity contribution in [2.45, 2.75) is 5.41 Å². The van der Waals surface area contributed by atoms with Gasteiger partial charge in [0, 0.05) is 16.1 Å². The molecule has 0 saturated carbocycles. The Morgan fingerprint density at radius 1 is 0.690 bits per heavy atom. The lowest BCUT2D eigenvalue weighted by Gasteiger charge is -2.39. The third kappa shape index (κ3) is 2.00. The Morgan fingerprint density at radius 2 is 1.38 bits per heavy atom. The molecule has 0 N–H and O–H groups in total. The second-order valence-corrected chi connectivity index (χ2v) is 7.84. The highest BCUT2D eigenvalue weighted by Gasteiger charge is 2.50. The average Bonchev–Trinajstić information content (AvgIpc) is 3.04. The summed E-state index contributed by atoms with van der Waals surface area (Å²) in [4.78, 5) is 0. The smallest absolute Gasteiger partial charge is 0.133 e. The van der Waals surface area contributed by atoms with Crippen molar-refractivity contribution < 1.29 is 4.74 Å². The summed E-state index contributed by atoms with van der Waals surface area (Å²) in [6, 6.07) is 30.7. The second kappa shape index (κ2) is 5.73. The van der Waals surface area contributed by atoms with E-state index in [0.29, 0.717) is 5.56 Å². The molecule has 2 aliphatic rings. The van der Waals surface area contributed by atoms with E-state index in [9.17, 15) is 5.26 Å². The molecular weight excluding hydrogens is 378 g/mol. The molecular formula is C26H14ClNO. The molecule has 4 aromatic rings. The summed E-state index contributed by atoms with van der Waals surface area (Å²) >= 11 is 6.40. The fourth-order valence-corrected chi connectivity index (χ4v) is 5.12. The summed E-state index contributed by atoms with van der Waals surface area (Å²) in [6.45, 7) is 0. The number of rotatable bonds is 0. The van der Waals surface area contributed by atoms with Crippen LogP contribution in [0.15, 0.2) is 84.9 Å². The minimum Gasteiger partial charge on any atom is -0.457 e. The first-order valence-corrected chi connectivity index (χ1v) is 9.83. The number of nitrogens with zero attached hydrogens (tertiary/aromatic N) is 1. The minimum absolute atomic E-state index is 0.505. The Hall–Kier alpha value is -3.54. The van der Waals surface area contributed by atoms with Crippen LogP contribution in [0, 0.1) is 11.3 Å². The zero-order chi connectivity index (χ0) is 19.6. The van der Waals surface area contributed by atoms with Gasteiger partial charge in [0.15, 0.2) is 0 Å². The molecule has 2 nitrogen and oxygen atoms in total. The Kier molecular flexibility index (Phi) is 3.25. The minimum atomic E-state index is -0.505. The van der Waals surface area contributed by atoms with Crippen molar-refractivity contribution in [3.8, 4) is 28.7 Å². The molecule has 1 aliphatic heterocycles. The first kappa shape index (κ1) is 16.4. The van der Waals surface area contributed by atoms with Crippen LogP contribution in [0.25, 0.3) is 11.1 Å². The van der Waals surface area contributed by atoms with Gasteiger partial charge in [-0.2, -0.15) is 5.26 Å². The van der Waals surface area contributed by atoms with Gasteiger partial charge in [-0.25, -0.2) is 0 Å². The van der Waals surface area contributed by atoms with Crippen LogP contribution in [-0.2, 0) is 5.41 Å². The van der Waals surface area contributed by atoms with E-state index >= 15 is 0 Å². The fraction of sp³-hybridized carbons (Fsp3) is 0.0385. The van der Waals surface area contributed by atoms with Crippen molar-refractivity contribution in [1.82, 2.24) is 0 Å². The summed E-state index contributed by atoms with van der Waals surface area (Å²) in [5.74, 6) is 1.54. The topological polar surface area (TPSA) is 33.0 Å². The molecule has 0 radical (unpaired) electrons. The molecule has 6 rings (SSSR count). The molecule has 29 heavy (non-hydrogen) atoms. The van der Waals surface area contributed by atoms with Crippen molar-refractivity contribution in [1.29, 1.82) is 5.26 Å². The van der Waals surface area contributed by atoms with E-state index in [-0.39, 0.29) is 0 Å². The summed E-state index contributed by atoms with van der Waals surface area (Å²) in [5.41, 5.74) is 6.94. The highest BCUT2D eigenvalue weighted by Crippen LogP contribution is 2.62. The highest BCUT2D eigenvalue weighted by molar-refractivity contribution is 6.31. The molecule has 0 bridgehead atoms. The van der Waals surface area contributed by atoms with Gasteiger partial charge in [-0.1, -0.05) is 66.2 Å². The Bertz CT molecular complexity index is 1370. The van der Waals surface area contributed by atoms with Gasteiger partial charge in [0.1, 0.15) is 11.5 Å². The van der Waals surface area contributed by atoms with Crippen LogP contribution in [-0.4, -0.2) is 0 Å². The summed E-state index contributed by atoms with van der Waals surface area (Å²) in [5, 5.41) is 10.1. The highest BCUT2D eigenvalue weighted by atomic mass is 35.5. The molecule has 1 heterocycles. The standard InChI is InChI=1S/C26H14ClNO/c27-17-10-12-21-19(14-17)18-5-1-2-6-20(18)26(21)22-7-3-4-8-24(22)29-25-13-16(15-28)9-11-23(25)26/h1-14H. The van der Waals surface area contributed by atoms with Gasteiger partial charge in [-0.3, -0.25) is 0 Å². The van der Waals surface area contributed by atoms with E-state index < -0.39 is 5.41 Å². The van der Waals surface area contributed by atoms with Crippen molar-refractivity contribution in [3.05, 3.63) is 118 Å². The summed E-state index contributed by atoms with van der Waals surface area (Å²) in [7, 11) is 0. The molecule has 1 aliphatic carbocycles. The second-order valence-electron chi connectivity index (χ2n) is 7.41. The van der Waals surface area contributed by atoms with Gasteiger partial charge >= 0.3 is 0 Å². The lowest BCUT2D eigenvalue weighted by atomic mass is 9.66.